The van der Waals surface area contributed by atoms with Crippen molar-refractivity contribution in [3.8, 4) is 0 Å². The van der Waals surface area contributed by atoms with Crippen molar-refractivity contribution < 1.29 is 8.78 Å². The van der Waals surface area contributed by atoms with E-state index in [1.54, 1.807) is 12.1 Å². The van der Waals surface area contributed by atoms with Gasteiger partial charge in [0, 0.05) is 11.9 Å². The summed E-state index contributed by atoms with van der Waals surface area (Å²) in [6.07, 6.45) is 0.0558. The molecule has 0 aliphatic carbocycles. The molecule has 5 heteroatoms. The zero-order valence-corrected chi connectivity index (χ0v) is 6.61. The lowest BCUT2D eigenvalue weighted by atomic mass is 10.4. The maximum absolute atomic E-state index is 12.4. The number of hydrogen-bond acceptors (Lipinski definition) is 2. The molecule has 0 unspecified atom stereocenters. The van der Waals surface area contributed by atoms with Crippen molar-refractivity contribution in [2.24, 2.45) is 0 Å². The van der Waals surface area contributed by atoms with E-state index >= 15 is 0 Å². The number of halogens is 2. The van der Waals surface area contributed by atoms with Crippen LogP contribution in [0.25, 0.3) is 5.65 Å². The van der Waals surface area contributed by atoms with E-state index < -0.39 is 6.43 Å². The summed E-state index contributed by atoms with van der Waals surface area (Å²) in [5, 5.41) is 0. The van der Waals surface area contributed by atoms with Crippen LogP contribution in [0.1, 0.15) is 12.1 Å². The average Bonchev–Trinajstić information content (AvgIpc) is 2.46. The largest absolute Gasteiger partial charge is 0.398 e. The molecule has 0 aliphatic rings. The number of nitrogen functional groups attached to an aromatic ring is 1. The highest BCUT2D eigenvalue weighted by atomic mass is 19.3. The van der Waals surface area contributed by atoms with Gasteiger partial charge in [-0.05, 0) is 12.1 Å². The molecule has 0 bridgehead atoms. The quantitative estimate of drug-likeness (QED) is 0.733. The summed E-state index contributed by atoms with van der Waals surface area (Å²) in [4.78, 5) is 3.81. The second-order valence-electron chi connectivity index (χ2n) is 2.67. The molecule has 2 aromatic rings. The predicted octanol–water partition coefficient (Wildman–Crippen LogP) is 1.85. The van der Waals surface area contributed by atoms with E-state index in [9.17, 15) is 8.78 Å². The number of imidazole rings is 1. The van der Waals surface area contributed by atoms with E-state index in [1.165, 1.54) is 10.6 Å². The van der Waals surface area contributed by atoms with E-state index in [4.69, 9.17) is 5.73 Å². The smallest absolute Gasteiger partial charge is 0.280 e. The van der Waals surface area contributed by atoms with Gasteiger partial charge in [-0.2, -0.15) is 0 Å². The minimum Gasteiger partial charge on any atom is -0.398 e. The van der Waals surface area contributed by atoms with Gasteiger partial charge in [-0.3, -0.25) is 4.40 Å². The lowest BCUT2D eigenvalue weighted by molar-refractivity contribution is 0.145. The second kappa shape index (κ2) is 2.69. The van der Waals surface area contributed by atoms with Crippen LogP contribution >= 0.6 is 0 Å². The Morgan fingerprint density at radius 2 is 2.15 bits per heavy atom. The summed E-state index contributed by atoms with van der Waals surface area (Å²) < 4.78 is 26.0. The topological polar surface area (TPSA) is 43.3 Å². The number of alkyl halides is 2. The SMILES string of the molecule is Nc1ccc2ncc(C(F)F)n2c1. The number of aromatic nitrogens is 2. The first-order valence-corrected chi connectivity index (χ1v) is 3.69. The first kappa shape index (κ1) is 7.97. The summed E-state index contributed by atoms with van der Waals surface area (Å²) in [6, 6.07) is 3.22. The molecule has 2 N–H and O–H groups in total. The number of hydrogen-bond donors (Lipinski definition) is 1. The van der Waals surface area contributed by atoms with E-state index in [0.29, 0.717) is 11.3 Å². The van der Waals surface area contributed by atoms with Crippen molar-refractivity contribution in [1.29, 1.82) is 0 Å². The first-order valence-electron chi connectivity index (χ1n) is 3.69. The lowest BCUT2D eigenvalue weighted by Gasteiger charge is -2.00. The number of fused-ring (bicyclic) bond motifs is 1. The number of rotatable bonds is 1. The Morgan fingerprint density at radius 1 is 1.38 bits per heavy atom. The van der Waals surface area contributed by atoms with Gasteiger partial charge in [0.05, 0.1) is 6.20 Å². The fourth-order valence-corrected chi connectivity index (χ4v) is 1.18. The maximum Gasteiger partial charge on any atom is 0.280 e. The van der Waals surface area contributed by atoms with Crippen LogP contribution in [0.4, 0.5) is 14.5 Å². The Morgan fingerprint density at radius 3 is 2.85 bits per heavy atom. The summed E-state index contributed by atoms with van der Waals surface area (Å²) in [5.41, 5.74) is 6.24. The Hall–Kier alpha value is -1.65. The molecule has 2 aromatic heterocycles. The van der Waals surface area contributed by atoms with Crippen molar-refractivity contribution in [3.63, 3.8) is 0 Å². The Kier molecular flexibility index (Phi) is 1.65. The van der Waals surface area contributed by atoms with Gasteiger partial charge in [0.25, 0.3) is 6.43 Å². The zero-order chi connectivity index (χ0) is 9.42. The van der Waals surface area contributed by atoms with Crippen molar-refractivity contribution in [3.05, 3.63) is 30.2 Å². The van der Waals surface area contributed by atoms with Crippen LogP contribution in [-0.4, -0.2) is 9.38 Å². The predicted molar refractivity (Wildman–Crippen MR) is 44.6 cm³/mol. The molecule has 2 rings (SSSR count). The molecule has 0 saturated carbocycles. The van der Waals surface area contributed by atoms with Gasteiger partial charge in [0.1, 0.15) is 11.3 Å². The molecule has 13 heavy (non-hydrogen) atoms. The molecule has 0 aromatic carbocycles. The second-order valence-corrected chi connectivity index (χ2v) is 2.67. The molecule has 0 fully saturated rings. The first-order chi connectivity index (χ1) is 6.18. The molecule has 0 spiro atoms. The van der Waals surface area contributed by atoms with Crippen LogP contribution in [0.5, 0.6) is 0 Å². The Bertz CT molecular complexity index is 436. The van der Waals surface area contributed by atoms with Gasteiger partial charge >= 0.3 is 0 Å². The summed E-state index contributed by atoms with van der Waals surface area (Å²) >= 11 is 0. The fourth-order valence-electron chi connectivity index (χ4n) is 1.18. The van der Waals surface area contributed by atoms with Crippen molar-refractivity contribution in [1.82, 2.24) is 9.38 Å². The molecule has 68 valence electrons. The highest BCUT2D eigenvalue weighted by molar-refractivity contribution is 5.48. The molecule has 3 nitrogen and oxygen atoms in total. The highest BCUT2D eigenvalue weighted by Gasteiger charge is 2.12. The van der Waals surface area contributed by atoms with Crippen molar-refractivity contribution in [2.75, 3.05) is 5.73 Å². The molecule has 0 saturated heterocycles. The zero-order valence-electron chi connectivity index (χ0n) is 6.61. The van der Waals surface area contributed by atoms with E-state index in [-0.39, 0.29) is 5.69 Å². The third-order valence-electron chi connectivity index (χ3n) is 1.78. The normalized spacial score (nSPS) is 11.3. The van der Waals surface area contributed by atoms with E-state index in [2.05, 4.69) is 4.98 Å². The van der Waals surface area contributed by atoms with Crippen LogP contribution in [0.15, 0.2) is 24.5 Å². The molecule has 0 radical (unpaired) electrons. The van der Waals surface area contributed by atoms with Gasteiger partial charge in [0.15, 0.2) is 0 Å². The van der Waals surface area contributed by atoms with Gasteiger partial charge < -0.3 is 5.73 Å². The Balaban J connectivity index is 2.71. The van der Waals surface area contributed by atoms with Crippen LogP contribution < -0.4 is 5.73 Å². The standard InChI is InChI=1S/C8H7F2N3/c9-8(10)6-3-12-7-2-1-5(11)4-13(6)7/h1-4,8H,11H2. The van der Waals surface area contributed by atoms with Gasteiger partial charge in [0.2, 0.25) is 0 Å². The van der Waals surface area contributed by atoms with Gasteiger partial charge in [-0.15, -0.1) is 0 Å². The van der Waals surface area contributed by atoms with Gasteiger partial charge in [-0.1, -0.05) is 0 Å². The van der Waals surface area contributed by atoms with Crippen LogP contribution in [0.2, 0.25) is 0 Å². The summed E-state index contributed by atoms with van der Waals surface area (Å²) in [6.45, 7) is 0. The van der Waals surface area contributed by atoms with Crippen LogP contribution in [0.3, 0.4) is 0 Å². The van der Waals surface area contributed by atoms with Gasteiger partial charge in [-0.25, -0.2) is 13.8 Å². The number of pyridine rings is 1. The third kappa shape index (κ3) is 1.22. The minimum atomic E-state index is -2.53. The summed E-state index contributed by atoms with van der Waals surface area (Å²) in [7, 11) is 0. The lowest BCUT2D eigenvalue weighted by Crippen LogP contribution is -1.95. The van der Waals surface area contributed by atoms with E-state index in [0.717, 1.165) is 6.20 Å². The van der Waals surface area contributed by atoms with Crippen molar-refractivity contribution >= 4 is 11.3 Å². The molecule has 2 heterocycles. The minimum absolute atomic E-state index is 0.137. The fraction of sp³-hybridized carbons (Fsp3) is 0.125. The van der Waals surface area contributed by atoms with Crippen LogP contribution in [0, 0.1) is 0 Å². The monoisotopic (exact) mass is 183 g/mol. The molecular formula is C8H7F2N3. The van der Waals surface area contributed by atoms with Crippen LogP contribution in [-0.2, 0) is 0 Å². The van der Waals surface area contributed by atoms with E-state index in [1.807, 2.05) is 0 Å². The molecule has 0 atom stereocenters. The maximum atomic E-state index is 12.4. The third-order valence-corrected chi connectivity index (χ3v) is 1.78. The highest BCUT2D eigenvalue weighted by Crippen LogP contribution is 2.20. The molecule has 0 aliphatic heterocycles. The molecule has 0 amide bonds. The number of nitrogens with two attached hydrogens (primary N) is 1. The summed E-state index contributed by atoms with van der Waals surface area (Å²) in [5.74, 6) is 0. The van der Waals surface area contributed by atoms with Crippen molar-refractivity contribution in [2.45, 2.75) is 6.43 Å². The molecular weight excluding hydrogens is 176 g/mol. The number of nitrogens with zero attached hydrogens (tertiary/aromatic N) is 2. The Labute approximate surface area is 72.8 Å². The number of anilines is 1. The average molecular weight is 183 g/mol.